The average molecular weight is 869 g/mol. The molecule has 0 atom stereocenters. The maximum absolute atomic E-state index is 5.31. The van der Waals surface area contributed by atoms with E-state index in [4.69, 9.17) is 9.97 Å². The Morgan fingerprint density at radius 1 is 0.343 bits per heavy atom. The Kier molecular flexibility index (Phi) is 7.63. The molecule has 0 saturated carbocycles. The van der Waals surface area contributed by atoms with Crippen LogP contribution < -0.4 is 0 Å². The van der Waals surface area contributed by atoms with Crippen molar-refractivity contribution >= 4 is 118 Å². The zero-order valence-corrected chi connectivity index (χ0v) is 36.8. The van der Waals surface area contributed by atoms with Crippen LogP contribution in [0.2, 0.25) is 0 Å². The van der Waals surface area contributed by atoms with Crippen LogP contribution >= 0.6 is 11.3 Å². The molecule has 0 fully saturated rings. The van der Waals surface area contributed by atoms with Crippen molar-refractivity contribution in [2.45, 2.75) is 0 Å². The summed E-state index contributed by atoms with van der Waals surface area (Å²) in [7, 11) is 0. The van der Waals surface area contributed by atoms with Crippen LogP contribution in [0.4, 0.5) is 0 Å². The molecule has 0 bridgehead atoms. The fourth-order valence-corrected chi connectivity index (χ4v) is 12.1. The fraction of sp³-hybridized carbons (Fsp3) is 0. The molecule has 15 rings (SSSR count). The van der Waals surface area contributed by atoms with Crippen molar-refractivity contribution in [1.29, 1.82) is 0 Å². The van der Waals surface area contributed by atoms with Gasteiger partial charge in [0.2, 0.25) is 0 Å². The van der Waals surface area contributed by atoms with Gasteiger partial charge in [-0.25, -0.2) is 4.98 Å². The van der Waals surface area contributed by atoms with E-state index in [-0.39, 0.29) is 0 Å². The molecule has 67 heavy (non-hydrogen) atoms. The molecular weight excluding hydrogens is 833 g/mol. The lowest BCUT2D eigenvalue weighted by Crippen LogP contribution is -1.95. The van der Waals surface area contributed by atoms with Gasteiger partial charge in [-0.1, -0.05) is 152 Å². The van der Waals surface area contributed by atoms with E-state index < -0.39 is 0 Å². The average Bonchev–Trinajstić information content (AvgIpc) is 4.06. The summed E-state index contributed by atoms with van der Waals surface area (Å²) in [6.45, 7) is 0. The molecular formula is C62H36N4S. The zero-order chi connectivity index (χ0) is 43.7. The van der Waals surface area contributed by atoms with E-state index in [1.165, 1.54) is 91.4 Å². The molecule has 0 spiro atoms. The standard InChI is InChI=1S/C62H36N4S/c1-5-19-46-37(11-1)23-28-52-57(46)58-47-20-6-2-12-38(47)24-29-53(58)65(52)44-17-9-15-41(33-44)42-27-32-56-50(35-42)61-62(67-56)64-51(36-63-61)43-16-10-18-45(34-43)66-54-30-25-39-13-3-7-21-48(39)59(54)60-49-22-8-4-14-40(49)26-31-55(60)66/h1-36H. The van der Waals surface area contributed by atoms with Crippen LogP contribution in [0.5, 0.6) is 0 Å². The molecule has 0 N–H and O–H groups in total. The number of thiophene rings is 1. The van der Waals surface area contributed by atoms with E-state index in [0.29, 0.717) is 0 Å². The monoisotopic (exact) mass is 868 g/mol. The van der Waals surface area contributed by atoms with Gasteiger partial charge in [0.1, 0.15) is 10.3 Å². The van der Waals surface area contributed by atoms with Gasteiger partial charge in [-0.05, 0) is 115 Å². The lowest BCUT2D eigenvalue weighted by molar-refractivity contribution is 1.18. The van der Waals surface area contributed by atoms with Crippen LogP contribution in [0.1, 0.15) is 0 Å². The zero-order valence-electron chi connectivity index (χ0n) is 36.0. The quantitative estimate of drug-likeness (QED) is 0.177. The third-order valence-electron chi connectivity index (χ3n) is 14.1. The SMILES string of the molecule is c1cc(-c2ccc3sc4nc(-c5cccc(-n6c7ccc8ccccc8c7c7c8ccccc8ccc76)c5)cnc4c3c2)cc(-n2c3ccc4ccccc4c3c3c4ccccc4ccc32)c1. The maximum Gasteiger partial charge on any atom is 0.143 e. The summed E-state index contributed by atoms with van der Waals surface area (Å²) in [6.07, 6.45) is 1.95. The third-order valence-corrected chi connectivity index (χ3v) is 15.2. The van der Waals surface area contributed by atoms with Crippen LogP contribution in [-0.2, 0) is 0 Å². The highest BCUT2D eigenvalue weighted by molar-refractivity contribution is 7.25. The van der Waals surface area contributed by atoms with Gasteiger partial charge in [0, 0.05) is 48.6 Å². The molecule has 0 saturated heterocycles. The van der Waals surface area contributed by atoms with Crippen molar-refractivity contribution in [1.82, 2.24) is 19.1 Å². The summed E-state index contributed by atoms with van der Waals surface area (Å²) >= 11 is 1.71. The van der Waals surface area contributed by atoms with Gasteiger partial charge in [0.15, 0.2) is 0 Å². The summed E-state index contributed by atoms with van der Waals surface area (Å²) in [5.41, 5.74) is 12.1. The molecule has 4 aromatic heterocycles. The number of nitrogens with zero attached hydrogens (tertiary/aromatic N) is 4. The first kappa shape index (κ1) is 36.7. The van der Waals surface area contributed by atoms with Crippen molar-refractivity contribution < 1.29 is 0 Å². The molecule has 4 nitrogen and oxygen atoms in total. The van der Waals surface area contributed by atoms with Crippen LogP contribution in [-0.4, -0.2) is 19.1 Å². The van der Waals surface area contributed by atoms with Crippen molar-refractivity contribution in [2.75, 3.05) is 0 Å². The molecule has 0 amide bonds. The number of fused-ring (bicyclic) bond motifs is 17. The minimum atomic E-state index is 0.859. The van der Waals surface area contributed by atoms with Crippen LogP contribution in [0.3, 0.4) is 0 Å². The van der Waals surface area contributed by atoms with Crippen molar-refractivity contribution in [2.24, 2.45) is 0 Å². The lowest BCUT2D eigenvalue weighted by Gasteiger charge is -2.11. The maximum atomic E-state index is 5.31. The summed E-state index contributed by atoms with van der Waals surface area (Å²) < 4.78 is 6.03. The van der Waals surface area contributed by atoms with Gasteiger partial charge in [-0.15, -0.1) is 11.3 Å². The van der Waals surface area contributed by atoms with Crippen molar-refractivity contribution in [3.8, 4) is 33.8 Å². The third kappa shape index (κ3) is 5.34. The van der Waals surface area contributed by atoms with Gasteiger partial charge in [-0.2, -0.15) is 0 Å². The summed E-state index contributed by atoms with van der Waals surface area (Å²) in [4.78, 5) is 11.4. The lowest BCUT2D eigenvalue weighted by atomic mass is 10.00. The first-order chi connectivity index (χ1) is 33.2. The van der Waals surface area contributed by atoms with E-state index in [1.807, 2.05) is 6.20 Å². The number of hydrogen-bond donors (Lipinski definition) is 0. The van der Waals surface area contributed by atoms with Crippen LogP contribution in [0.25, 0.3) is 141 Å². The van der Waals surface area contributed by atoms with E-state index >= 15 is 0 Å². The molecule has 0 aliphatic rings. The molecule has 0 aliphatic carbocycles. The Morgan fingerprint density at radius 2 is 0.776 bits per heavy atom. The van der Waals surface area contributed by atoms with Crippen LogP contribution in [0, 0.1) is 0 Å². The predicted molar refractivity (Wildman–Crippen MR) is 284 cm³/mol. The van der Waals surface area contributed by atoms with E-state index in [2.05, 4.69) is 221 Å². The predicted octanol–water partition coefficient (Wildman–Crippen LogP) is 17.0. The Balaban J connectivity index is 0.840. The second-order valence-electron chi connectivity index (χ2n) is 17.7. The second-order valence-corrected chi connectivity index (χ2v) is 18.7. The number of aromatic nitrogens is 4. The van der Waals surface area contributed by atoms with Gasteiger partial charge in [-0.3, -0.25) is 4.98 Å². The van der Waals surface area contributed by atoms with Gasteiger partial charge in [0.05, 0.1) is 34.0 Å². The summed E-state index contributed by atoms with van der Waals surface area (Å²) in [5.74, 6) is 0. The van der Waals surface area contributed by atoms with E-state index in [9.17, 15) is 0 Å². The van der Waals surface area contributed by atoms with E-state index in [0.717, 1.165) is 49.5 Å². The highest BCUT2D eigenvalue weighted by Crippen LogP contribution is 2.44. The van der Waals surface area contributed by atoms with Gasteiger partial charge >= 0.3 is 0 Å². The largest absolute Gasteiger partial charge is 0.309 e. The fourth-order valence-electron chi connectivity index (χ4n) is 11.1. The Hall–Kier alpha value is -8.64. The molecule has 0 radical (unpaired) electrons. The first-order valence-corrected chi connectivity index (χ1v) is 23.6. The Morgan fingerprint density at radius 3 is 1.27 bits per heavy atom. The molecule has 5 heteroatoms. The van der Waals surface area contributed by atoms with Crippen molar-refractivity contribution in [3.63, 3.8) is 0 Å². The topological polar surface area (TPSA) is 35.6 Å². The Labute approximate surface area is 387 Å². The minimum Gasteiger partial charge on any atom is -0.309 e. The highest BCUT2D eigenvalue weighted by atomic mass is 32.1. The summed E-state index contributed by atoms with van der Waals surface area (Å²) in [5, 5.41) is 16.3. The molecule has 4 heterocycles. The van der Waals surface area contributed by atoms with E-state index in [1.54, 1.807) is 11.3 Å². The molecule has 0 aliphatic heterocycles. The molecule has 310 valence electrons. The highest BCUT2D eigenvalue weighted by Gasteiger charge is 2.20. The first-order valence-electron chi connectivity index (χ1n) is 22.8. The minimum absolute atomic E-state index is 0.859. The number of rotatable bonds is 4. The molecule has 0 unspecified atom stereocenters. The summed E-state index contributed by atoms with van der Waals surface area (Å²) in [6, 6.07) is 77.6. The second kappa shape index (κ2) is 13.9. The van der Waals surface area contributed by atoms with Gasteiger partial charge in [0.25, 0.3) is 0 Å². The normalized spacial score (nSPS) is 12.2. The number of benzene rings is 11. The van der Waals surface area contributed by atoms with Crippen molar-refractivity contribution in [3.05, 3.63) is 219 Å². The molecule has 11 aromatic carbocycles. The smallest absolute Gasteiger partial charge is 0.143 e. The Bertz CT molecular complexity index is 4400. The van der Waals surface area contributed by atoms with Gasteiger partial charge < -0.3 is 9.13 Å². The number of hydrogen-bond acceptors (Lipinski definition) is 3. The molecule has 15 aromatic rings. The van der Waals surface area contributed by atoms with Crippen LogP contribution in [0.15, 0.2) is 219 Å².